The van der Waals surface area contributed by atoms with E-state index in [0.717, 1.165) is 18.5 Å². The lowest BCUT2D eigenvalue weighted by molar-refractivity contribution is 0.506. The van der Waals surface area contributed by atoms with E-state index in [1.54, 1.807) is 6.07 Å². The summed E-state index contributed by atoms with van der Waals surface area (Å²) in [6, 6.07) is 4.75. The highest BCUT2D eigenvalue weighted by Crippen LogP contribution is 2.18. The van der Waals surface area contributed by atoms with Crippen LogP contribution in [0.5, 0.6) is 0 Å². The molecule has 0 aromatic heterocycles. The van der Waals surface area contributed by atoms with Gasteiger partial charge in [-0.25, -0.2) is 8.78 Å². The van der Waals surface area contributed by atoms with Gasteiger partial charge in [0.25, 0.3) is 0 Å². The summed E-state index contributed by atoms with van der Waals surface area (Å²) in [4.78, 5) is 0. The Morgan fingerprint density at radius 1 is 1.21 bits per heavy atom. The van der Waals surface area contributed by atoms with Gasteiger partial charge in [-0.15, -0.1) is 0 Å². The third-order valence-corrected chi connectivity index (χ3v) is 2.41. The highest BCUT2D eigenvalue weighted by molar-refractivity contribution is 5.18. The smallest absolute Gasteiger partial charge is 0.159 e. The highest BCUT2D eigenvalue weighted by Gasteiger charge is 2.19. The van der Waals surface area contributed by atoms with Crippen molar-refractivity contribution in [1.29, 1.82) is 0 Å². The van der Waals surface area contributed by atoms with Gasteiger partial charge in [-0.1, -0.05) is 6.07 Å². The van der Waals surface area contributed by atoms with Crippen molar-refractivity contribution in [2.75, 3.05) is 6.54 Å². The third-order valence-electron chi connectivity index (χ3n) is 2.41. The number of benzene rings is 1. The van der Waals surface area contributed by atoms with E-state index in [1.807, 2.05) is 0 Å². The van der Waals surface area contributed by atoms with Crippen LogP contribution >= 0.6 is 0 Å². The molecule has 1 aliphatic carbocycles. The van der Waals surface area contributed by atoms with Crippen LogP contribution in [0.1, 0.15) is 18.4 Å². The van der Waals surface area contributed by atoms with E-state index in [-0.39, 0.29) is 0 Å². The van der Waals surface area contributed by atoms with Gasteiger partial charge >= 0.3 is 0 Å². The molecular formula is C11H13F2N. The van der Waals surface area contributed by atoms with Crippen LogP contribution in [0.15, 0.2) is 18.2 Å². The minimum atomic E-state index is -0.774. The van der Waals surface area contributed by atoms with Crippen molar-refractivity contribution in [3.63, 3.8) is 0 Å². The molecule has 0 bridgehead atoms. The van der Waals surface area contributed by atoms with E-state index in [9.17, 15) is 8.78 Å². The zero-order valence-electron chi connectivity index (χ0n) is 7.89. The molecule has 0 saturated heterocycles. The summed E-state index contributed by atoms with van der Waals surface area (Å²) in [5.41, 5.74) is 0.844. The monoisotopic (exact) mass is 197 g/mol. The van der Waals surface area contributed by atoms with Gasteiger partial charge in [-0.3, -0.25) is 0 Å². The number of rotatable bonds is 4. The first-order chi connectivity index (χ1) is 6.75. The summed E-state index contributed by atoms with van der Waals surface area (Å²) < 4.78 is 25.4. The van der Waals surface area contributed by atoms with Gasteiger partial charge in [0.15, 0.2) is 11.6 Å². The maximum atomic E-state index is 12.8. The van der Waals surface area contributed by atoms with Crippen LogP contribution in [0, 0.1) is 11.6 Å². The minimum Gasteiger partial charge on any atom is -0.314 e. The molecule has 1 saturated carbocycles. The molecule has 76 valence electrons. The molecule has 0 aliphatic heterocycles. The molecular weight excluding hydrogens is 184 g/mol. The average molecular weight is 197 g/mol. The van der Waals surface area contributed by atoms with Crippen molar-refractivity contribution >= 4 is 0 Å². The topological polar surface area (TPSA) is 12.0 Å². The van der Waals surface area contributed by atoms with Crippen molar-refractivity contribution < 1.29 is 8.78 Å². The van der Waals surface area contributed by atoms with Gasteiger partial charge < -0.3 is 5.32 Å². The van der Waals surface area contributed by atoms with E-state index in [4.69, 9.17) is 0 Å². The van der Waals surface area contributed by atoms with Crippen molar-refractivity contribution in [2.24, 2.45) is 0 Å². The maximum absolute atomic E-state index is 12.8. The van der Waals surface area contributed by atoms with Crippen molar-refractivity contribution in [2.45, 2.75) is 25.3 Å². The maximum Gasteiger partial charge on any atom is 0.159 e. The van der Waals surface area contributed by atoms with Crippen molar-refractivity contribution in [1.82, 2.24) is 5.32 Å². The first-order valence-electron chi connectivity index (χ1n) is 4.93. The minimum absolute atomic E-state index is 0.667. The van der Waals surface area contributed by atoms with Crippen LogP contribution in [0.2, 0.25) is 0 Å². The number of hydrogen-bond acceptors (Lipinski definition) is 1. The van der Waals surface area contributed by atoms with E-state index < -0.39 is 11.6 Å². The van der Waals surface area contributed by atoms with Crippen LogP contribution in [0.3, 0.4) is 0 Å². The van der Waals surface area contributed by atoms with Gasteiger partial charge in [-0.2, -0.15) is 0 Å². The molecule has 3 heteroatoms. The number of hydrogen-bond donors (Lipinski definition) is 1. The van der Waals surface area contributed by atoms with Crippen molar-refractivity contribution in [3.8, 4) is 0 Å². The average Bonchev–Trinajstić information content (AvgIpc) is 2.95. The predicted octanol–water partition coefficient (Wildman–Crippen LogP) is 2.26. The van der Waals surface area contributed by atoms with Gasteiger partial charge in [0, 0.05) is 6.04 Å². The molecule has 0 heterocycles. The Kier molecular flexibility index (Phi) is 2.77. The fourth-order valence-corrected chi connectivity index (χ4v) is 1.40. The SMILES string of the molecule is Fc1ccc(CCNC2CC2)cc1F. The quantitative estimate of drug-likeness (QED) is 0.780. The fraction of sp³-hybridized carbons (Fsp3) is 0.455. The Bertz CT molecular complexity index is 321. The highest BCUT2D eigenvalue weighted by atomic mass is 19.2. The summed E-state index contributed by atoms with van der Waals surface area (Å²) >= 11 is 0. The standard InChI is InChI=1S/C11H13F2N/c12-10-4-1-8(7-11(10)13)5-6-14-9-2-3-9/h1,4,7,9,14H,2-3,5-6H2. The summed E-state index contributed by atoms with van der Waals surface area (Å²) in [5.74, 6) is -1.53. The molecule has 1 fully saturated rings. The Balaban J connectivity index is 1.85. The van der Waals surface area contributed by atoms with E-state index in [2.05, 4.69) is 5.32 Å². The lowest BCUT2D eigenvalue weighted by Crippen LogP contribution is -2.19. The van der Waals surface area contributed by atoms with Crippen LogP contribution in [0.25, 0.3) is 0 Å². The van der Waals surface area contributed by atoms with Crippen LogP contribution in [0.4, 0.5) is 8.78 Å². The van der Waals surface area contributed by atoms with Gasteiger partial charge in [0.05, 0.1) is 0 Å². The van der Waals surface area contributed by atoms with Crippen LogP contribution < -0.4 is 5.32 Å². The number of nitrogens with one attached hydrogen (secondary N) is 1. The van der Waals surface area contributed by atoms with Gasteiger partial charge in [0.1, 0.15) is 0 Å². The first-order valence-corrected chi connectivity index (χ1v) is 4.93. The Morgan fingerprint density at radius 2 is 2.00 bits per heavy atom. The summed E-state index contributed by atoms with van der Waals surface area (Å²) in [6.45, 7) is 0.843. The van der Waals surface area contributed by atoms with Gasteiger partial charge in [0.2, 0.25) is 0 Å². The molecule has 0 unspecified atom stereocenters. The Hall–Kier alpha value is -0.960. The second-order valence-electron chi connectivity index (χ2n) is 3.73. The second-order valence-corrected chi connectivity index (χ2v) is 3.73. The lowest BCUT2D eigenvalue weighted by atomic mass is 10.1. The number of halogens is 2. The zero-order chi connectivity index (χ0) is 9.97. The second kappa shape index (κ2) is 4.05. The molecule has 0 radical (unpaired) electrons. The molecule has 1 aromatic rings. The molecule has 0 spiro atoms. The molecule has 1 aliphatic rings. The largest absolute Gasteiger partial charge is 0.314 e. The molecule has 1 nitrogen and oxygen atoms in total. The summed E-state index contributed by atoms with van der Waals surface area (Å²) in [5, 5.41) is 3.32. The molecule has 1 aromatic carbocycles. The third kappa shape index (κ3) is 2.51. The summed E-state index contributed by atoms with van der Waals surface area (Å²) in [7, 11) is 0. The van der Waals surface area contributed by atoms with E-state index in [0.29, 0.717) is 6.04 Å². The van der Waals surface area contributed by atoms with Crippen molar-refractivity contribution in [3.05, 3.63) is 35.4 Å². The first kappa shape index (κ1) is 9.59. The normalized spacial score (nSPS) is 15.9. The molecule has 1 N–H and O–H groups in total. The molecule has 0 amide bonds. The van der Waals surface area contributed by atoms with Crippen LogP contribution in [-0.4, -0.2) is 12.6 Å². The predicted molar refractivity (Wildman–Crippen MR) is 51.1 cm³/mol. The lowest BCUT2D eigenvalue weighted by Gasteiger charge is -2.03. The molecule has 14 heavy (non-hydrogen) atoms. The zero-order valence-corrected chi connectivity index (χ0v) is 7.89. The summed E-state index contributed by atoms with van der Waals surface area (Å²) in [6.07, 6.45) is 3.25. The Morgan fingerprint density at radius 3 is 2.64 bits per heavy atom. The van der Waals surface area contributed by atoms with Gasteiger partial charge in [-0.05, 0) is 43.5 Å². The Labute approximate surface area is 82.1 Å². The van der Waals surface area contributed by atoms with Crippen LogP contribution in [-0.2, 0) is 6.42 Å². The molecule has 2 rings (SSSR count). The van der Waals surface area contributed by atoms with E-state index in [1.165, 1.54) is 25.0 Å². The van der Waals surface area contributed by atoms with E-state index >= 15 is 0 Å². The molecule has 0 atom stereocenters. The fourth-order valence-electron chi connectivity index (χ4n) is 1.40.